The van der Waals surface area contributed by atoms with Crippen LogP contribution in [0.3, 0.4) is 0 Å². The van der Waals surface area contributed by atoms with Crippen molar-refractivity contribution in [3.8, 4) is 0 Å². The fourth-order valence-corrected chi connectivity index (χ4v) is 1.98. The molecule has 6 nitrogen and oxygen atoms in total. The highest BCUT2D eigenvalue weighted by molar-refractivity contribution is 5.93. The lowest BCUT2D eigenvalue weighted by atomic mass is 10.3. The van der Waals surface area contributed by atoms with Crippen LogP contribution < -0.4 is 0 Å². The summed E-state index contributed by atoms with van der Waals surface area (Å²) in [7, 11) is 0. The highest BCUT2D eigenvalue weighted by atomic mass is 16.4. The maximum Gasteiger partial charge on any atom is 0.323 e. The molecule has 0 saturated carbocycles. The number of aliphatic carboxylic acids is 1. The van der Waals surface area contributed by atoms with Crippen molar-refractivity contribution in [2.24, 2.45) is 0 Å². The van der Waals surface area contributed by atoms with Crippen molar-refractivity contribution in [3.05, 3.63) is 24.0 Å². The Labute approximate surface area is 98.1 Å². The van der Waals surface area contributed by atoms with Crippen LogP contribution in [0.15, 0.2) is 18.3 Å². The molecule has 0 aromatic carbocycles. The number of hydrogen-bond donors (Lipinski definition) is 2. The molecule has 1 aliphatic rings. The molecule has 1 saturated heterocycles. The number of aromatic nitrogens is 1. The molecule has 1 amide bonds. The molecular formula is C11H14N2O4. The second-order valence-corrected chi connectivity index (χ2v) is 4.11. The van der Waals surface area contributed by atoms with Crippen molar-refractivity contribution < 1.29 is 19.8 Å². The lowest BCUT2D eigenvalue weighted by molar-refractivity contribution is -0.137. The molecule has 0 bridgehead atoms. The van der Waals surface area contributed by atoms with Gasteiger partial charge in [0.2, 0.25) is 0 Å². The first-order valence-corrected chi connectivity index (χ1v) is 5.42. The maximum atomic E-state index is 12.1. The van der Waals surface area contributed by atoms with Gasteiger partial charge in [-0.05, 0) is 18.6 Å². The zero-order valence-corrected chi connectivity index (χ0v) is 9.24. The maximum absolute atomic E-state index is 12.1. The Kier molecular flexibility index (Phi) is 3.14. The summed E-state index contributed by atoms with van der Waals surface area (Å²) in [4.78, 5) is 24.2. The van der Waals surface area contributed by atoms with Gasteiger partial charge in [0.15, 0.2) is 0 Å². The van der Waals surface area contributed by atoms with Gasteiger partial charge in [-0.1, -0.05) is 0 Å². The van der Waals surface area contributed by atoms with Crippen molar-refractivity contribution in [1.82, 2.24) is 9.47 Å². The third-order valence-corrected chi connectivity index (χ3v) is 2.80. The molecule has 1 unspecified atom stereocenters. The average Bonchev–Trinajstić information content (AvgIpc) is 2.85. The molecule has 6 heteroatoms. The molecule has 1 atom stereocenters. The number of carboxylic acid groups (broad SMARTS) is 1. The van der Waals surface area contributed by atoms with Crippen molar-refractivity contribution in [2.75, 3.05) is 13.1 Å². The molecule has 0 radical (unpaired) electrons. The van der Waals surface area contributed by atoms with Crippen LogP contribution in [0.5, 0.6) is 0 Å². The number of hydrogen-bond acceptors (Lipinski definition) is 3. The Bertz CT molecular complexity index is 440. The van der Waals surface area contributed by atoms with Crippen molar-refractivity contribution >= 4 is 11.9 Å². The SMILES string of the molecule is O=C(O)Cn1cccc1C(=O)N1CCC(O)C1. The van der Waals surface area contributed by atoms with E-state index in [0.717, 1.165) is 0 Å². The van der Waals surface area contributed by atoms with E-state index in [9.17, 15) is 14.7 Å². The number of amides is 1. The van der Waals surface area contributed by atoms with Crippen LogP contribution in [-0.4, -0.2) is 50.8 Å². The molecule has 0 aliphatic carbocycles. The standard InChI is InChI=1S/C11H14N2O4/c14-8-3-5-13(6-8)11(17)9-2-1-4-12(9)7-10(15)16/h1-2,4,8,14H,3,5-7H2,(H,15,16). The van der Waals surface area contributed by atoms with Gasteiger partial charge >= 0.3 is 5.97 Å². The van der Waals surface area contributed by atoms with Gasteiger partial charge in [-0.15, -0.1) is 0 Å². The fraction of sp³-hybridized carbons (Fsp3) is 0.455. The number of likely N-dealkylation sites (tertiary alicyclic amines) is 1. The van der Waals surface area contributed by atoms with E-state index in [1.807, 2.05) is 0 Å². The van der Waals surface area contributed by atoms with Gasteiger partial charge in [0, 0.05) is 19.3 Å². The molecule has 2 N–H and O–H groups in total. The number of rotatable bonds is 3. The molecular weight excluding hydrogens is 224 g/mol. The fourth-order valence-electron chi connectivity index (χ4n) is 1.98. The highest BCUT2D eigenvalue weighted by Crippen LogP contribution is 2.14. The van der Waals surface area contributed by atoms with Gasteiger partial charge in [-0.2, -0.15) is 0 Å². The minimum atomic E-state index is -0.989. The smallest absolute Gasteiger partial charge is 0.323 e. The number of nitrogens with zero attached hydrogens (tertiary/aromatic N) is 2. The van der Waals surface area contributed by atoms with Crippen molar-refractivity contribution in [3.63, 3.8) is 0 Å². The van der Waals surface area contributed by atoms with E-state index < -0.39 is 12.1 Å². The van der Waals surface area contributed by atoms with Crippen LogP contribution in [0.25, 0.3) is 0 Å². The second kappa shape index (κ2) is 4.58. The minimum absolute atomic E-state index is 0.229. The van der Waals surface area contributed by atoms with Crippen molar-refractivity contribution in [1.29, 1.82) is 0 Å². The van der Waals surface area contributed by atoms with E-state index >= 15 is 0 Å². The lowest BCUT2D eigenvalue weighted by Crippen LogP contribution is -2.31. The van der Waals surface area contributed by atoms with Crippen molar-refractivity contribution in [2.45, 2.75) is 19.1 Å². The Balaban J connectivity index is 2.14. The predicted molar refractivity (Wildman–Crippen MR) is 58.6 cm³/mol. The van der Waals surface area contributed by atoms with Gasteiger partial charge in [-0.3, -0.25) is 9.59 Å². The van der Waals surface area contributed by atoms with E-state index in [2.05, 4.69) is 0 Å². The monoisotopic (exact) mass is 238 g/mol. The van der Waals surface area contributed by atoms with Crippen LogP contribution in [0.2, 0.25) is 0 Å². The summed E-state index contributed by atoms with van der Waals surface area (Å²) in [5, 5.41) is 18.1. The summed E-state index contributed by atoms with van der Waals surface area (Å²) >= 11 is 0. The summed E-state index contributed by atoms with van der Waals surface area (Å²) in [6.45, 7) is 0.597. The average molecular weight is 238 g/mol. The van der Waals surface area contributed by atoms with Crippen LogP contribution in [0.4, 0.5) is 0 Å². The quantitative estimate of drug-likeness (QED) is 0.762. The Hall–Kier alpha value is -1.82. The minimum Gasteiger partial charge on any atom is -0.480 e. The summed E-state index contributed by atoms with van der Waals surface area (Å²) in [5.41, 5.74) is 0.349. The van der Waals surface area contributed by atoms with Crippen LogP contribution in [0.1, 0.15) is 16.9 Å². The van der Waals surface area contributed by atoms with Gasteiger partial charge in [0.05, 0.1) is 6.10 Å². The Morgan fingerprint density at radius 1 is 1.47 bits per heavy atom. The van der Waals surface area contributed by atoms with E-state index in [-0.39, 0.29) is 12.5 Å². The van der Waals surface area contributed by atoms with Crippen LogP contribution in [0, 0.1) is 0 Å². The van der Waals surface area contributed by atoms with E-state index in [0.29, 0.717) is 25.2 Å². The number of aliphatic hydroxyl groups is 1. The van der Waals surface area contributed by atoms with E-state index in [1.54, 1.807) is 23.2 Å². The molecule has 2 rings (SSSR count). The highest BCUT2D eigenvalue weighted by Gasteiger charge is 2.27. The Morgan fingerprint density at radius 2 is 2.24 bits per heavy atom. The molecule has 0 spiro atoms. The van der Waals surface area contributed by atoms with Gasteiger partial charge < -0.3 is 19.7 Å². The molecule has 1 aromatic heterocycles. The first kappa shape index (κ1) is 11.7. The number of carbonyl (C=O) groups is 2. The van der Waals surface area contributed by atoms with E-state index in [4.69, 9.17) is 5.11 Å². The number of β-amino-alcohol motifs (C(OH)–C–C–N with tert-alkyl or cyclic N) is 1. The summed E-state index contributed by atoms with van der Waals surface area (Å²) < 4.78 is 1.40. The van der Waals surface area contributed by atoms with Gasteiger partial charge in [-0.25, -0.2) is 0 Å². The Morgan fingerprint density at radius 3 is 2.82 bits per heavy atom. The molecule has 92 valence electrons. The largest absolute Gasteiger partial charge is 0.480 e. The molecule has 1 aliphatic heterocycles. The summed E-state index contributed by atoms with van der Waals surface area (Å²) in [5.74, 6) is -1.22. The summed E-state index contributed by atoms with van der Waals surface area (Å²) in [6, 6.07) is 3.23. The van der Waals surface area contributed by atoms with E-state index in [1.165, 1.54) is 4.57 Å². The number of carboxylic acids is 1. The number of aliphatic hydroxyl groups excluding tert-OH is 1. The van der Waals surface area contributed by atoms with Gasteiger partial charge in [0.1, 0.15) is 12.2 Å². The third-order valence-electron chi connectivity index (χ3n) is 2.80. The topological polar surface area (TPSA) is 82.8 Å². The predicted octanol–water partition coefficient (Wildman–Crippen LogP) is -0.220. The zero-order valence-electron chi connectivity index (χ0n) is 9.24. The third kappa shape index (κ3) is 2.47. The molecule has 1 fully saturated rings. The molecule has 2 heterocycles. The number of carbonyl (C=O) groups excluding carboxylic acids is 1. The normalized spacial score (nSPS) is 19.6. The first-order valence-electron chi connectivity index (χ1n) is 5.42. The van der Waals surface area contributed by atoms with Gasteiger partial charge in [0.25, 0.3) is 5.91 Å². The van der Waals surface area contributed by atoms with Crippen LogP contribution in [-0.2, 0) is 11.3 Å². The lowest BCUT2D eigenvalue weighted by Gasteiger charge is -2.16. The molecule has 17 heavy (non-hydrogen) atoms. The second-order valence-electron chi connectivity index (χ2n) is 4.11. The molecule has 1 aromatic rings. The first-order chi connectivity index (χ1) is 8.08. The van der Waals surface area contributed by atoms with Crippen LogP contribution >= 0.6 is 0 Å². The zero-order chi connectivity index (χ0) is 12.4. The summed E-state index contributed by atoms with van der Waals surface area (Å²) in [6.07, 6.45) is 1.67.